The van der Waals surface area contributed by atoms with E-state index in [9.17, 15) is 9.59 Å². The number of carbonyl (C=O) groups is 2. The molecule has 0 bridgehead atoms. The van der Waals surface area contributed by atoms with Gasteiger partial charge in [-0.05, 0) is 30.0 Å². The Kier molecular flexibility index (Phi) is 6.05. The van der Waals surface area contributed by atoms with Crippen LogP contribution in [0.1, 0.15) is 30.1 Å². The number of unbranched alkanes of at least 4 members (excludes halogenated alkanes) is 1. The molecule has 0 heterocycles. The Hall–Kier alpha value is -3.34. The van der Waals surface area contributed by atoms with Crippen LogP contribution in [0.5, 0.6) is 0 Å². The Morgan fingerprint density at radius 3 is 2.37 bits per heavy atom. The van der Waals surface area contributed by atoms with Gasteiger partial charge in [-0.25, -0.2) is 9.59 Å². The summed E-state index contributed by atoms with van der Waals surface area (Å²) in [6.45, 7) is 2.40. The van der Waals surface area contributed by atoms with E-state index in [1.807, 2.05) is 49.4 Å². The molecule has 0 aliphatic rings. The monoisotopic (exact) mass is 362 g/mol. The van der Waals surface area contributed by atoms with E-state index in [0.717, 1.165) is 23.6 Å². The van der Waals surface area contributed by atoms with Gasteiger partial charge in [0.1, 0.15) is 0 Å². The van der Waals surface area contributed by atoms with E-state index in [4.69, 9.17) is 4.74 Å². The number of para-hydroxylation sites is 1. The van der Waals surface area contributed by atoms with Crippen LogP contribution in [-0.4, -0.2) is 18.6 Å². The topological polar surface area (TPSA) is 67.4 Å². The smallest absolute Gasteiger partial charge is 0.340 e. The number of fused-ring (bicyclic) bond motifs is 1. The normalized spacial score (nSPS) is 10.4. The van der Waals surface area contributed by atoms with Crippen molar-refractivity contribution in [2.75, 3.05) is 17.2 Å². The molecule has 0 saturated heterocycles. The van der Waals surface area contributed by atoms with Gasteiger partial charge >= 0.3 is 12.0 Å². The SMILES string of the molecule is CCCCOC(=O)c1ccccc1NC(=O)Nc1cccc2ccccc12. The molecular weight excluding hydrogens is 340 g/mol. The summed E-state index contributed by atoms with van der Waals surface area (Å²) in [6, 6.07) is 19.9. The van der Waals surface area contributed by atoms with E-state index in [2.05, 4.69) is 10.6 Å². The third-order valence-electron chi connectivity index (χ3n) is 4.16. The Morgan fingerprint density at radius 2 is 1.52 bits per heavy atom. The molecule has 0 spiro atoms. The molecular formula is C22H22N2O3. The van der Waals surface area contributed by atoms with Crippen LogP contribution >= 0.6 is 0 Å². The van der Waals surface area contributed by atoms with Crippen molar-refractivity contribution < 1.29 is 14.3 Å². The first-order valence-electron chi connectivity index (χ1n) is 9.01. The molecule has 2 amide bonds. The van der Waals surface area contributed by atoms with Crippen molar-refractivity contribution in [1.82, 2.24) is 0 Å². The third-order valence-corrected chi connectivity index (χ3v) is 4.16. The largest absolute Gasteiger partial charge is 0.462 e. The van der Waals surface area contributed by atoms with Crippen molar-refractivity contribution in [3.05, 3.63) is 72.3 Å². The lowest BCUT2D eigenvalue weighted by Crippen LogP contribution is -2.21. The van der Waals surface area contributed by atoms with Crippen LogP contribution in [0, 0.1) is 0 Å². The van der Waals surface area contributed by atoms with Gasteiger partial charge in [-0.1, -0.05) is 61.9 Å². The number of carbonyl (C=O) groups excluding carboxylic acids is 2. The summed E-state index contributed by atoms with van der Waals surface area (Å²) in [6.07, 6.45) is 1.75. The predicted molar refractivity (Wildman–Crippen MR) is 108 cm³/mol. The number of rotatable bonds is 6. The fraction of sp³-hybridized carbons (Fsp3) is 0.182. The summed E-state index contributed by atoms with van der Waals surface area (Å²) in [4.78, 5) is 24.7. The van der Waals surface area contributed by atoms with Crippen LogP contribution in [-0.2, 0) is 4.74 Å². The van der Waals surface area contributed by atoms with Gasteiger partial charge in [-0.3, -0.25) is 0 Å². The Morgan fingerprint density at radius 1 is 0.852 bits per heavy atom. The molecule has 0 aromatic heterocycles. The Labute approximate surface area is 158 Å². The van der Waals surface area contributed by atoms with E-state index in [-0.39, 0.29) is 0 Å². The molecule has 2 N–H and O–H groups in total. The van der Waals surface area contributed by atoms with Crippen LogP contribution in [0.3, 0.4) is 0 Å². The summed E-state index contributed by atoms with van der Waals surface area (Å²) in [7, 11) is 0. The van der Waals surface area contributed by atoms with Gasteiger partial charge in [0.05, 0.1) is 23.5 Å². The first-order valence-corrected chi connectivity index (χ1v) is 9.01. The van der Waals surface area contributed by atoms with Crippen molar-refractivity contribution in [2.24, 2.45) is 0 Å². The first kappa shape index (κ1) is 18.5. The van der Waals surface area contributed by atoms with Gasteiger partial charge in [0.25, 0.3) is 0 Å². The molecule has 3 aromatic rings. The number of ether oxygens (including phenoxy) is 1. The van der Waals surface area contributed by atoms with E-state index in [1.165, 1.54) is 0 Å². The van der Waals surface area contributed by atoms with E-state index in [0.29, 0.717) is 23.5 Å². The number of nitrogens with one attached hydrogen (secondary N) is 2. The molecule has 0 atom stereocenters. The highest BCUT2D eigenvalue weighted by molar-refractivity contribution is 6.08. The minimum Gasteiger partial charge on any atom is -0.462 e. The summed E-state index contributed by atoms with van der Waals surface area (Å²) in [5.74, 6) is -0.440. The minimum atomic E-state index is -0.440. The molecule has 27 heavy (non-hydrogen) atoms. The van der Waals surface area contributed by atoms with Crippen molar-refractivity contribution in [3.8, 4) is 0 Å². The average Bonchev–Trinajstić information content (AvgIpc) is 2.69. The van der Waals surface area contributed by atoms with Crippen molar-refractivity contribution in [3.63, 3.8) is 0 Å². The van der Waals surface area contributed by atoms with Crippen LogP contribution in [0.25, 0.3) is 10.8 Å². The van der Waals surface area contributed by atoms with Gasteiger partial charge in [0.15, 0.2) is 0 Å². The first-order chi connectivity index (χ1) is 13.2. The number of hydrogen-bond acceptors (Lipinski definition) is 3. The van der Waals surface area contributed by atoms with Crippen LogP contribution in [0.15, 0.2) is 66.7 Å². The second kappa shape index (κ2) is 8.85. The van der Waals surface area contributed by atoms with Crippen molar-refractivity contribution >= 4 is 34.1 Å². The molecule has 0 radical (unpaired) electrons. The van der Waals surface area contributed by atoms with Gasteiger partial charge < -0.3 is 15.4 Å². The minimum absolute atomic E-state index is 0.335. The van der Waals surface area contributed by atoms with Crippen LogP contribution < -0.4 is 10.6 Å². The summed E-state index contributed by atoms with van der Waals surface area (Å²) in [5, 5.41) is 7.58. The fourth-order valence-electron chi connectivity index (χ4n) is 2.77. The Bertz CT molecular complexity index is 948. The van der Waals surface area contributed by atoms with E-state index in [1.54, 1.807) is 24.3 Å². The van der Waals surface area contributed by atoms with Crippen molar-refractivity contribution in [2.45, 2.75) is 19.8 Å². The lowest BCUT2D eigenvalue weighted by atomic mass is 10.1. The lowest BCUT2D eigenvalue weighted by Gasteiger charge is -2.13. The van der Waals surface area contributed by atoms with Crippen LogP contribution in [0.4, 0.5) is 16.2 Å². The molecule has 5 nitrogen and oxygen atoms in total. The zero-order chi connectivity index (χ0) is 19.1. The highest BCUT2D eigenvalue weighted by Crippen LogP contribution is 2.23. The number of benzene rings is 3. The zero-order valence-electron chi connectivity index (χ0n) is 15.2. The highest BCUT2D eigenvalue weighted by Gasteiger charge is 2.14. The van der Waals surface area contributed by atoms with Crippen LogP contribution in [0.2, 0.25) is 0 Å². The molecule has 3 rings (SSSR count). The summed E-state index contributed by atoms with van der Waals surface area (Å²) < 4.78 is 5.26. The standard InChI is InChI=1S/C22H22N2O3/c1-2-3-15-27-21(25)18-12-6-7-13-20(18)24-22(26)23-19-14-8-10-16-9-4-5-11-17(16)19/h4-14H,2-3,15H2,1H3,(H2,23,24,26). The molecule has 0 aliphatic carbocycles. The van der Waals surface area contributed by atoms with E-state index >= 15 is 0 Å². The number of amides is 2. The number of hydrogen-bond donors (Lipinski definition) is 2. The molecule has 3 aromatic carbocycles. The van der Waals surface area contributed by atoms with Gasteiger partial charge in [-0.15, -0.1) is 0 Å². The maximum Gasteiger partial charge on any atom is 0.340 e. The van der Waals surface area contributed by atoms with Gasteiger partial charge in [0, 0.05) is 5.39 Å². The second-order valence-electron chi connectivity index (χ2n) is 6.14. The van der Waals surface area contributed by atoms with E-state index < -0.39 is 12.0 Å². The molecule has 0 fully saturated rings. The van der Waals surface area contributed by atoms with Gasteiger partial charge in [-0.2, -0.15) is 0 Å². The summed E-state index contributed by atoms with van der Waals surface area (Å²) >= 11 is 0. The second-order valence-corrected chi connectivity index (χ2v) is 6.14. The lowest BCUT2D eigenvalue weighted by molar-refractivity contribution is 0.0501. The number of esters is 1. The maximum atomic E-state index is 12.5. The molecule has 0 saturated carbocycles. The van der Waals surface area contributed by atoms with Gasteiger partial charge in [0.2, 0.25) is 0 Å². The molecule has 5 heteroatoms. The third kappa shape index (κ3) is 4.64. The summed E-state index contributed by atoms with van der Waals surface area (Å²) in [5.41, 5.74) is 1.45. The predicted octanol–water partition coefficient (Wildman–Crippen LogP) is 5.44. The Balaban J connectivity index is 1.73. The fourth-order valence-corrected chi connectivity index (χ4v) is 2.77. The van der Waals surface area contributed by atoms with Crippen molar-refractivity contribution in [1.29, 1.82) is 0 Å². The highest BCUT2D eigenvalue weighted by atomic mass is 16.5. The zero-order valence-corrected chi connectivity index (χ0v) is 15.2. The average molecular weight is 362 g/mol. The maximum absolute atomic E-state index is 12.5. The molecule has 0 unspecified atom stereocenters. The quantitative estimate of drug-likeness (QED) is 0.453. The molecule has 0 aliphatic heterocycles. The number of anilines is 2. The number of urea groups is 1. The molecule has 138 valence electrons.